The molecule has 1 aliphatic rings. The van der Waals surface area contributed by atoms with E-state index in [1.54, 1.807) is 0 Å². The lowest BCUT2D eigenvalue weighted by Crippen LogP contribution is -2.37. The van der Waals surface area contributed by atoms with Gasteiger partial charge in [-0.3, -0.25) is 4.79 Å². The van der Waals surface area contributed by atoms with Crippen molar-refractivity contribution in [2.75, 3.05) is 26.2 Å². The predicted octanol–water partition coefficient (Wildman–Crippen LogP) is 4.56. The van der Waals surface area contributed by atoms with Gasteiger partial charge in [0.15, 0.2) is 5.78 Å². The smallest absolute Gasteiger partial charge is 0.193 e. The van der Waals surface area contributed by atoms with E-state index < -0.39 is 0 Å². The minimum absolute atomic E-state index is 0.0503. The summed E-state index contributed by atoms with van der Waals surface area (Å²) in [4.78, 5) is 14.9. The van der Waals surface area contributed by atoms with Crippen molar-refractivity contribution in [1.29, 1.82) is 0 Å². The molecule has 1 aliphatic heterocycles. The van der Waals surface area contributed by atoms with Crippen LogP contribution in [0.1, 0.15) is 48.0 Å². The maximum absolute atomic E-state index is 12.3. The predicted molar refractivity (Wildman–Crippen MR) is 101 cm³/mol. The second-order valence-corrected chi connectivity index (χ2v) is 6.68. The molecule has 0 aromatic heterocycles. The molecular formula is C22H27NO2. The van der Waals surface area contributed by atoms with Crippen molar-refractivity contribution in [2.45, 2.75) is 32.1 Å². The number of benzene rings is 2. The summed E-state index contributed by atoms with van der Waals surface area (Å²) >= 11 is 0. The van der Waals surface area contributed by atoms with Gasteiger partial charge in [0, 0.05) is 11.1 Å². The van der Waals surface area contributed by atoms with Crippen LogP contribution in [-0.2, 0) is 0 Å². The Morgan fingerprint density at radius 2 is 1.52 bits per heavy atom. The Morgan fingerprint density at radius 1 is 0.840 bits per heavy atom. The van der Waals surface area contributed by atoms with Gasteiger partial charge in [0.2, 0.25) is 0 Å². The number of carbonyl (C=O) groups excluding carboxylic acids is 1. The van der Waals surface area contributed by atoms with Gasteiger partial charge in [-0.05, 0) is 63.2 Å². The second-order valence-electron chi connectivity index (χ2n) is 6.68. The molecule has 2 aromatic carbocycles. The van der Waals surface area contributed by atoms with Gasteiger partial charge in [0.25, 0.3) is 0 Å². The van der Waals surface area contributed by atoms with Crippen LogP contribution in [-0.4, -0.2) is 36.9 Å². The summed E-state index contributed by atoms with van der Waals surface area (Å²) in [5, 5.41) is 0. The average Bonchev–Trinajstić information content (AvgIpc) is 2.63. The summed E-state index contributed by atoms with van der Waals surface area (Å²) in [5.74, 6) is 0.888. The number of unbranched alkanes of at least 4 members (excludes halogenated alkanes) is 3. The third-order valence-corrected chi connectivity index (χ3v) is 4.74. The molecule has 0 atom stereocenters. The van der Waals surface area contributed by atoms with Crippen LogP contribution in [0.25, 0.3) is 0 Å². The van der Waals surface area contributed by atoms with Gasteiger partial charge >= 0.3 is 0 Å². The number of nitrogens with zero attached hydrogens (tertiary/aromatic N) is 1. The van der Waals surface area contributed by atoms with Gasteiger partial charge in [-0.15, -0.1) is 0 Å². The highest BCUT2D eigenvalue weighted by Crippen LogP contribution is 2.16. The fraction of sp³-hybridized carbons (Fsp3) is 0.409. The number of carbonyl (C=O) groups is 1. The number of likely N-dealkylation sites (tertiary alicyclic amines) is 1. The van der Waals surface area contributed by atoms with Crippen LogP contribution in [0.5, 0.6) is 5.75 Å². The fourth-order valence-electron chi connectivity index (χ4n) is 3.05. The Balaban J connectivity index is 1.34. The molecule has 25 heavy (non-hydrogen) atoms. The van der Waals surface area contributed by atoms with Gasteiger partial charge in [-0.2, -0.15) is 0 Å². The normalized spacial score (nSPS) is 14.1. The SMILES string of the molecule is O=C(c1ccccc1)c1ccc(OCCCCCCN2CCC2)cc1. The van der Waals surface area contributed by atoms with E-state index in [0.29, 0.717) is 5.56 Å². The van der Waals surface area contributed by atoms with Gasteiger partial charge in [-0.25, -0.2) is 0 Å². The molecule has 0 spiro atoms. The minimum atomic E-state index is 0.0503. The lowest BCUT2D eigenvalue weighted by Gasteiger charge is -2.30. The number of ketones is 1. The topological polar surface area (TPSA) is 29.5 Å². The van der Waals surface area contributed by atoms with E-state index in [1.807, 2.05) is 54.6 Å². The maximum Gasteiger partial charge on any atom is 0.193 e. The van der Waals surface area contributed by atoms with Crippen molar-refractivity contribution in [3.8, 4) is 5.75 Å². The van der Waals surface area contributed by atoms with Crippen LogP contribution in [0.4, 0.5) is 0 Å². The highest BCUT2D eigenvalue weighted by molar-refractivity contribution is 6.08. The number of rotatable bonds is 10. The second kappa shape index (κ2) is 9.38. The molecule has 3 rings (SSSR count). The third kappa shape index (κ3) is 5.43. The van der Waals surface area contributed by atoms with Crippen molar-refractivity contribution >= 4 is 5.78 Å². The molecule has 0 saturated carbocycles. The molecule has 3 heteroatoms. The highest BCUT2D eigenvalue weighted by atomic mass is 16.5. The number of hydrogen-bond donors (Lipinski definition) is 0. The molecule has 0 N–H and O–H groups in total. The van der Waals surface area contributed by atoms with E-state index in [9.17, 15) is 4.79 Å². The monoisotopic (exact) mass is 337 g/mol. The van der Waals surface area contributed by atoms with E-state index in [0.717, 1.165) is 24.3 Å². The molecule has 1 fully saturated rings. The number of ether oxygens (including phenoxy) is 1. The molecule has 0 bridgehead atoms. The molecule has 0 unspecified atom stereocenters. The van der Waals surface area contributed by atoms with Gasteiger partial charge in [0.1, 0.15) is 5.75 Å². The Kier molecular flexibility index (Phi) is 6.63. The fourth-order valence-corrected chi connectivity index (χ4v) is 3.05. The summed E-state index contributed by atoms with van der Waals surface area (Å²) in [6.45, 7) is 4.60. The molecule has 2 aromatic rings. The molecule has 1 saturated heterocycles. The van der Waals surface area contributed by atoms with E-state index in [4.69, 9.17) is 4.74 Å². The first-order valence-corrected chi connectivity index (χ1v) is 9.38. The van der Waals surface area contributed by atoms with E-state index in [-0.39, 0.29) is 5.78 Å². The molecule has 0 radical (unpaired) electrons. The van der Waals surface area contributed by atoms with Gasteiger partial charge in [-0.1, -0.05) is 43.2 Å². The first-order valence-electron chi connectivity index (χ1n) is 9.38. The zero-order chi connectivity index (χ0) is 17.3. The summed E-state index contributed by atoms with van der Waals surface area (Å²) in [7, 11) is 0. The van der Waals surface area contributed by atoms with Crippen molar-refractivity contribution < 1.29 is 9.53 Å². The largest absolute Gasteiger partial charge is 0.494 e. The highest BCUT2D eigenvalue weighted by Gasteiger charge is 2.12. The standard InChI is InChI=1S/C22H27NO2/c24-22(19-9-4-3-5-10-19)20-11-13-21(14-12-20)25-18-7-2-1-6-15-23-16-8-17-23/h3-5,9-14H,1-2,6-8,15-18H2. The van der Waals surface area contributed by atoms with Gasteiger partial charge < -0.3 is 9.64 Å². The Labute approximate surface area is 150 Å². The molecular weight excluding hydrogens is 310 g/mol. The third-order valence-electron chi connectivity index (χ3n) is 4.74. The maximum atomic E-state index is 12.3. The van der Waals surface area contributed by atoms with Crippen LogP contribution in [0.15, 0.2) is 54.6 Å². The summed E-state index contributed by atoms with van der Waals surface area (Å²) in [6.07, 6.45) is 6.27. The minimum Gasteiger partial charge on any atom is -0.494 e. The molecule has 3 nitrogen and oxygen atoms in total. The Bertz CT molecular complexity index is 647. The Morgan fingerprint density at radius 3 is 2.20 bits per heavy atom. The zero-order valence-corrected chi connectivity index (χ0v) is 14.8. The van der Waals surface area contributed by atoms with Gasteiger partial charge in [0.05, 0.1) is 6.61 Å². The molecule has 132 valence electrons. The van der Waals surface area contributed by atoms with E-state index >= 15 is 0 Å². The van der Waals surface area contributed by atoms with E-state index in [2.05, 4.69) is 4.90 Å². The van der Waals surface area contributed by atoms with E-state index in [1.165, 1.54) is 45.3 Å². The Hall–Kier alpha value is -2.13. The molecule has 1 heterocycles. The number of hydrogen-bond acceptors (Lipinski definition) is 3. The average molecular weight is 337 g/mol. The van der Waals surface area contributed by atoms with Crippen LogP contribution in [0.2, 0.25) is 0 Å². The first kappa shape index (κ1) is 17.7. The summed E-state index contributed by atoms with van der Waals surface area (Å²) in [5.41, 5.74) is 1.42. The van der Waals surface area contributed by atoms with Crippen molar-refractivity contribution in [3.63, 3.8) is 0 Å². The van der Waals surface area contributed by atoms with Crippen LogP contribution in [0, 0.1) is 0 Å². The van der Waals surface area contributed by atoms with Crippen molar-refractivity contribution in [3.05, 3.63) is 65.7 Å². The van der Waals surface area contributed by atoms with Crippen LogP contribution < -0.4 is 4.74 Å². The molecule has 0 amide bonds. The van der Waals surface area contributed by atoms with Crippen molar-refractivity contribution in [2.24, 2.45) is 0 Å². The lowest BCUT2D eigenvalue weighted by molar-refractivity contribution is 0.103. The van der Waals surface area contributed by atoms with Crippen LogP contribution in [0.3, 0.4) is 0 Å². The first-order chi connectivity index (χ1) is 12.3. The summed E-state index contributed by atoms with van der Waals surface area (Å²) < 4.78 is 5.78. The zero-order valence-electron chi connectivity index (χ0n) is 14.8. The molecule has 0 aliphatic carbocycles. The van der Waals surface area contributed by atoms with Crippen LogP contribution >= 0.6 is 0 Å². The quantitative estimate of drug-likeness (QED) is 0.470. The van der Waals surface area contributed by atoms with Crippen molar-refractivity contribution in [1.82, 2.24) is 4.90 Å². The lowest BCUT2D eigenvalue weighted by atomic mass is 10.0. The summed E-state index contributed by atoms with van der Waals surface area (Å²) in [6, 6.07) is 16.8.